The van der Waals surface area contributed by atoms with Crippen LogP contribution in [0.3, 0.4) is 0 Å². The van der Waals surface area contributed by atoms with Crippen molar-refractivity contribution in [3.8, 4) is 0 Å². The number of halogens is 4. The molecule has 0 saturated heterocycles. The van der Waals surface area contributed by atoms with Crippen LogP contribution in [0.1, 0.15) is 11.1 Å². The third-order valence-electron chi connectivity index (χ3n) is 3.50. The van der Waals surface area contributed by atoms with E-state index in [1.807, 2.05) is 0 Å². The lowest BCUT2D eigenvalue weighted by molar-refractivity contribution is -0.127. The molecule has 25 heavy (non-hydrogen) atoms. The van der Waals surface area contributed by atoms with Crippen LogP contribution in [0.2, 0.25) is 10.0 Å². The highest BCUT2D eigenvalue weighted by Crippen LogP contribution is 2.25. The lowest BCUT2D eigenvalue weighted by Crippen LogP contribution is -2.46. The molecule has 0 heterocycles. The maximum atomic E-state index is 13.2. The van der Waals surface area contributed by atoms with Gasteiger partial charge in [0.25, 0.3) is 0 Å². The summed E-state index contributed by atoms with van der Waals surface area (Å²) >= 11 is 12.1. The maximum Gasteiger partial charge on any atom is 0.240 e. The van der Waals surface area contributed by atoms with E-state index in [1.54, 1.807) is 18.2 Å². The van der Waals surface area contributed by atoms with E-state index in [0.29, 0.717) is 15.6 Å². The summed E-state index contributed by atoms with van der Waals surface area (Å²) in [5.74, 6) is -3.40. The van der Waals surface area contributed by atoms with Crippen molar-refractivity contribution in [1.29, 1.82) is 0 Å². The molecule has 0 aliphatic carbocycles. The first-order valence-corrected chi connectivity index (χ1v) is 7.99. The Balaban J connectivity index is 2.09. The van der Waals surface area contributed by atoms with Crippen molar-refractivity contribution in [3.63, 3.8) is 0 Å². The van der Waals surface area contributed by atoms with Crippen LogP contribution < -0.4 is 11.1 Å². The predicted molar refractivity (Wildman–Crippen MR) is 91.4 cm³/mol. The molecule has 0 radical (unpaired) electrons. The molecule has 8 heteroatoms. The van der Waals surface area contributed by atoms with Crippen LogP contribution in [-0.4, -0.2) is 17.9 Å². The van der Waals surface area contributed by atoms with Gasteiger partial charge in [0.15, 0.2) is 11.6 Å². The second kappa shape index (κ2) is 8.27. The van der Waals surface area contributed by atoms with Crippen LogP contribution in [0.25, 0.3) is 0 Å². The van der Waals surface area contributed by atoms with Crippen LogP contribution in [0.15, 0.2) is 36.4 Å². The van der Waals surface area contributed by atoms with Gasteiger partial charge in [-0.15, -0.1) is 0 Å². The fourth-order valence-corrected chi connectivity index (χ4v) is 2.79. The molecule has 0 saturated carbocycles. The van der Waals surface area contributed by atoms with E-state index in [2.05, 4.69) is 5.32 Å². The summed E-state index contributed by atoms with van der Waals surface area (Å²) in [6.45, 7) is 0. The first-order valence-electron chi connectivity index (χ1n) is 7.23. The second-order valence-corrected chi connectivity index (χ2v) is 6.17. The molecule has 4 nitrogen and oxygen atoms in total. The molecule has 132 valence electrons. The van der Waals surface area contributed by atoms with Crippen molar-refractivity contribution >= 4 is 35.0 Å². The smallest absolute Gasteiger partial charge is 0.240 e. The van der Waals surface area contributed by atoms with Gasteiger partial charge in [0.2, 0.25) is 11.8 Å². The number of nitrogens with two attached hydrogens (primary N) is 1. The summed E-state index contributed by atoms with van der Waals surface area (Å²) in [6, 6.07) is 6.92. The highest BCUT2D eigenvalue weighted by Gasteiger charge is 2.21. The number of amides is 2. The van der Waals surface area contributed by atoms with Gasteiger partial charge < -0.3 is 11.1 Å². The summed E-state index contributed by atoms with van der Waals surface area (Å²) in [5.41, 5.74) is 6.06. The number of carbonyl (C=O) groups is 2. The van der Waals surface area contributed by atoms with Gasteiger partial charge in [-0.05, 0) is 35.4 Å². The highest BCUT2D eigenvalue weighted by molar-refractivity contribution is 6.36. The van der Waals surface area contributed by atoms with Crippen molar-refractivity contribution in [3.05, 3.63) is 69.2 Å². The van der Waals surface area contributed by atoms with Crippen molar-refractivity contribution in [2.24, 2.45) is 5.73 Å². The average molecular weight is 387 g/mol. The molecular weight excluding hydrogens is 373 g/mol. The molecule has 0 spiro atoms. The third-order valence-corrected chi connectivity index (χ3v) is 4.21. The molecule has 2 rings (SSSR count). The quantitative estimate of drug-likeness (QED) is 0.800. The Hall–Kier alpha value is -2.18. The zero-order valence-electron chi connectivity index (χ0n) is 12.9. The summed E-state index contributed by atoms with van der Waals surface area (Å²) < 4.78 is 26.1. The Morgan fingerprint density at radius 1 is 1.08 bits per heavy atom. The van der Waals surface area contributed by atoms with Crippen LogP contribution >= 0.6 is 23.2 Å². The van der Waals surface area contributed by atoms with Crippen molar-refractivity contribution in [2.75, 3.05) is 0 Å². The zero-order chi connectivity index (χ0) is 18.6. The van der Waals surface area contributed by atoms with Gasteiger partial charge in [-0.1, -0.05) is 35.3 Å². The van der Waals surface area contributed by atoms with Gasteiger partial charge >= 0.3 is 0 Å². The van der Waals surface area contributed by atoms with Crippen molar-refractivity contribution < 1.29 is 18.4 Å². The van der Waals surface area contributed by atoms with Crippen LogP contribution in [0.5, 0.6) is 0 Å². The van der Waals surface area contributed by atoms with Gasteiger partial charge in [-0.2, -0.15) is 0 Å². The van der Waals surface area contributed by atoms with Gasteiger partial charge in [0.05, 0.1) is 6.42 Å². The molecule has 2 amide bonds. The first kappa shape index (κ1) is 19.1. The first-order chi connectivity index (χ1) is 11.8. The predicted octanol–water partition coefficient (Wildman–Crippen LogP) is 3.03. The minimum atomic E-state index is -1.06. The van der Waals surface area contributed by atoms with Gasteiger partial charge in [-0.25, -0.2) is 8.78 Å². The molecule has 0 aliphatic heterocycles. The topological polar surface area (TPSA) is 72.2 Å². The fraction of sp³-hybridized carbons (Fsp3) is 0.176. The zero-order valence-corrected chi connectivity index (χ0v) is 14.4. The van der Waals surface area contributed by atoms with Crippen molar-refractivity contribution in [1.82, 2.24) is 5.32 Å². The molecular formula is C17H14Cl2F2N2O2. The Morgan fingerprint density at radius 2 is 1.72 bits per heavy atom. The Bertz CT molecular complexity index is 795. The molecule has 1 atom stereocenters. The molecule has 0 fully saturated rings. The van der Waals surface area contributed by atoms with Gasteiger partial charge in [-0.3, -0.25) is 9.59 Å². The lowest BCUT2D eigenvalue weighted by Gasteiger charge is -2.17. The maximum absolute atomic E-state index is 13.2. The van der Waals surface area contributed by atoms with E-state index >= 15 is 0 Å². The van der Waals surface area contributed by atoms with Crippen molar-refractivity contribution in [2.45, 2.75) is 18.9 Å². The van der Waals surface area contributed by atoms with E-state index in [0.717, 1.165) is 12.1 Å². The monoisotopic (exact) mass is 386 g/mol. The number of hydrogen-bond donors (Lipinski definition) is 2. The molecule has 3 N–H and O–H groups in total. The molecule has 0 unspecified atom stereocenters. The lowest BCUT2D eigenvalue weighted by atomic mass is 10.0. The molecule has 0 bridgehead atoms. The number of benzene rings is 2. The fourth-order valence-electron chi connectivity index (χ4n) is 2.23. The summed E-state index contributed by atoms with van der Waals surface area (Å²) in [6.07, 6.45) is -0.228. The molecule has 0 aliphatic rings. The van der Waals surface area contributed by atoms with E-state index < -0.39 is 29.5 Å². The van der Waals surface area contributed by atoms with E-state index in [9.17, 15) is 18.4 Å². The highest BCUT2D eigenvalue weighted by atomic mass is 35.5. The minimum Gasteiger partial charge on any atom is -0.368 e. The number of nitrogens with one attached hydrogen (secondary N) is 1. The Kier molecular flexibility index (Phi) is 6.33. The number of carbonyl (C=O) groups excluding carboxylic acids is 2. The van der Waals surface area contributed by atoms with Crippen LogP contribution in [-0.2, 0) is 22.4 Å². The number of rotatable bonds is 6. The summed E-state index contributed by atoms with van der Waals surface area (Å²) in [5, 5.41) is 3.14. The number of hydrogen-bond acceptors (Lipinski definition) is 2. The summed E-state index contributed by atoms with van der Waals surface area (Å²) in [4.78, 5) is 23.7. The van der Waals surface area contributed by atoms with Crippen LogP contribution in [0.4, 0.5) is 8.78 Å². The Labute approximate surface area is 152 Å². The third kappa shape index (κ3) is 5.14. The second-order valence-electron chi connectivity index (χ2n) is 5.35. The average Bonchev–Trinajstić information content (AvgIpc) is 2.53. The van der Waals surface area contributed by atoms with E-state index in [-0.39, 0.29) is 18.4 Å². The SMILES string of the molecule is NC(=O)[C@@H](Cc1c(Cl)cccc1Cl)NC(=O)Cc1ccc(F)c(F)c1. The van der Waals surface area contributed by atoms with Crippen LogP contribution in [0, 0.1) is 11.6 Å². The largest absolute Gasteiger partial charge is 0.368 e. The van der Waals surface area contributed by atoms with E-state index in [4.69, 9.17) is 28.9 Å². The molecule has 2 aromatic rings. The summed E-state index contributed by atoms with van der Waals surface area (Å²) in [7, 11) is 0. The molecule has 0 aromatic heterocycles. The number of primary amides is 1. The van der Waals surface area contributed by atoms with Gasteiger partial charge in [0, 0.05) is 16.5 Å². The normalized spacial score (nSPS) is 11.8. The molecule has 2 aromatic carbocycles. The van der Waals surface area contributed by atoms with E-state index in [1.165, 1.54) is 6.07 Å². The van der Waals surface area contributed by atoms with Gasteiger partial charge in [0.1, 0.15) is 6.04 Å². The minimum absolute atomic E-state index is 0.0113. The standard InChI is InChI=1S/C17H14Cl2F2N2O2/c18-11-2-1-3-12(19)10(11)8-15(17(22)25)23-16(24)7-9-4-5-13(20)14(21)6-9/h1-6,15H,7-8H2,(H2,22,25)(H,23,24)/t15-/m1/s1. The Morgan fingerprint density at radius 3 is 2.28 bits per heavy atom.